The summed E-state index contributed by atoms with van der Waals surface area (Å²) in [5.41, 5.74) is 0. The number of sulfonamides is 1. The van der Waals surface area contributed by atoms with E-state index in [1.54, 1.807) is 11.4 Å². The Balaban J connectivity index is 2.44. The SMILES string of the molecule is CC(C1CC1)N(C)S(=O)(=O)CCCCCl. The molecule has 0 N–H and O–H groups in total. The van der Waals surface area contributed by atoms with E-state index >= 15 is 0 Å². The van der Waals surface area contributed by atoms with E-state index in [9.17, 15) is 8.42 Å². The molecule has 0 bridgehead atoms. The molecule has 5 heteroatoms. The van der Waals surface area contributed by atoms with Crippen LogP contribution in [0.25, 0.3) is 0 Å². The molecule has 1 atom stereocenters. The van der Waals surface area contributed by atoms with Crippen LogP contribution in [-0.4, -0.2) is 37.4 Å². The second-order valence-electron chi connectivity index (χ2n) is 4.31. The third kappa shape index (κ3) is 3.93. The van der Waals surface area contributed by atoms with Gasteiger partial charge in [0, 0.05) is 19.0 Å². The summed E-state index contributed by atoms with van der Waals surface area (Å²) in [4.78, 5) is 0. The topological polar surface area (TPSA) is 37.4 Å². The zero-order valence-corrected chi connectivity index (χ0v) is 11.0. The number of alkyl halides is 1. The summed E-state index contributed by atoms with van der Waals surface area (Å²) < 4.78 is 25.3. The molecule has 90 valence electrons. The van der Waals surface area contributed by atoms with Gasteiger partial charge in [-0.05, 0) is 38.5 Å². The molecule has 0 aromatic carbocycles. The molecule has 0 saturated heterocycles. The molecule has 1 saturated carbocycles. The van der Waals surface area contributed by atoms with Crippen LogP contribution >= 0.6 is 11.6 Å². The fourth-order valence-electron chi connectivity index (χ4n) is 1.65. The van der Waals surface area contributed by atoms with Gasteiger partial charge in [-0.1, -0.05) is 0 Å². The lowest BCUT2D eigenvalue weighted by molar-refractivity contribution is 0.356. The van der Waals surface area contributed by atoms with Crippen LogP contribution in [0.15, 0.2) is 0 Å². The number of halogens is 1. The molecule has 1 aliphatic carbocycles. The zero-order valence-electron chi connectivity index (χ0n) is 9.45. The summed E-state index contributed by atoms with van der Waals surface area (Å²) in [6.45, 7) is 2.00. The van der Waals surface area contributed by atoms with Crippen molar-refractivity contribution in [1.29, 1.82) is 0 Å². The minimum atomic E-state index is -3.06. The van der Waals surface area contributed by atoms with Crippen molar-refractivity contribution in [1.82, 2.24) is 4.31 Å². The highest BCUT2D eigenvalue weighted by Crippen LogP contribution is 2.35. The van der Waals surface area contributed by atoms with E-state index in [0.717, 1.165) is 6.42 Å². The third-order valence-electron chi connectivity index (χ3n) is 3.10. The predicted octanol–water partition coefficient (Wildman–Crippen LogP) is 2.07. The Morgan fingerprint density at radius 2 is 2.00 bits per heavy atom. The molecule has 0 aromatic rings. The van der Waals surface area contributed by atoms with E-state index in [-0.39, 0.29) is 11.8 Å². The maximum absolute atomic E-state index is 11.9. The van der Waals surface area contributed by atoms with Gasteiger partial charge in [0.25, 0.3) is 0 Å². The second-order valence-corrected chi connectivity index (χ2v) is 6.83. The number of rotatable bonds is 7. The molecular weight excluding hydrogens is 234 g/mol. The second kappa shape index (κ2) is 5.51. The summed E-state index contributed by atoms with van der Waals surface area (Å²) in [6.07, 6.45) is 3.77. The average molecular weight is 254 g/mol. The largest absolute Gasteiger partial charge is 0.214 e. The fourth-order valence-corrected chi connectivity index (χ4v) is 3.38. The summed E-state index contributed by atoms with van der Waals surface area (Å²) in [6, 6.07) is 0.158. The van der Waals surface area contributed by atoms with E-state index in [4.69, 9.17) is 11.6 Å². The first-order chi connectivity index (χ1) is 6.99. The van der Waals surface area contributed by atoms with E-state index in [1.165, 1.54) is 12.8 Å². The Kier molecular flexibility index (Phi) is 4.87. The van der Waals surface area contributed by atoms with E-state index in [1.807, 2.05) is 6.92 Å². The van der Waals surface area contributed by atoms with Crippen molar-refractivity contribution >= 4 is 21.6 Å². The van der Waals surface area contributed by atoms with Gasteiger partial charge in [0.15, 0.2) is 0 Å². The molecule has 0 heterocycles. The smallest absolute Gasteiger partial charge is 0.212 e. The van der Waals surface area contributed by atoms with Gasteiger partial charge in [0.05, 0.1) is 5.75 Å². The molecule has 0 aliphatic heterocycles. The lowest BCUT2D eigenvalue weighted by Gasteiger charge is -2.24. The van der Waals surface area contributed by atoms with Gasteiger partial charge >= 0.3 is 0 Å². The van der Waals surface area contributed by atoms with Crippen molar-refractivity contribution in [3.05, 3.63) is 0 Å². The van der Waals surface area contributed by atoms with Crippen LogP contribution in [0, 0.1) is 5.92 Å². The quantitative estimate of drug-likeness (QED) is 0.515. The van der Waals surface area contributed by atoms with Crippen molar-refractivity contribution < 1.29 is 8.42 Å². The number of hydrogen-bond donors (Lipinski definition) is 0. The lowest BCUT2D eigenvalue weighted by Crippen LogP contribution is -2.37. The van der Waals surface area contributed by atoms with Gasteiger partial charge in [-0.25, -0.2) is 12.7 Å². The van der Waals surface area contributed by atoms with Crippen LogP contribution in [0.2, 0.25) is 0 Å². The molecule has 0 amide bonds. The summed E-state index contributed by atoms with van der Waals surface area (Å²) in [5.74, 6) is 1.35. The van der Waals surface area contributed by atoms with Crippen LogP contribution in [0.5, 0.6) is 0 Å². The van der Waals surface area contributed by atoms with E-state index in [2.05, 4.69) is 0 Å². The molecule has 0 aromatic heterocycles. The van der Waals surface area contributed by atoms with Crippen LogP contribution in [0.4, 0.5) is 0 Å². The monoisotopic (exact) mass is 253 g/mol. The van der Waals surface area contributed by atoms with Crippen LogP contribution in [0.3, 0.4) is 0 Å². The normalized spacial score (nSPS) is 19.5. The van der Waals surface area contributed by atoms with Crippen LogP contribution in [0.1, 0.15) is 32.6 Å². The summed E-state index contributed by atoms with van der Waals surface area (Å²) in [5, 5.41) is 0. The van der Waals surface area contributed by atoms with Crippen LogP contribution < -0.4 is 0 Å². The van der Waals surface area contributed by atoms with Gasteiger partial charge in [0.1, 0.15) is 0 Å². The van der Waals surface area contributed by atoms with Crippen molar-refractivity contribution in [2.45, 2.75) is 38.6 Å². The van der Waals surface area contributed by atoms with Gasteiger partial charge in [-0.15, -0.1) is 11.6 Å². The number of hydrogen-bond acceptors (Lipinski definition) is 2. The molecule has 15 heavy (non-hydrogen) atoms. The van der Waals surface area contributed by atoms with Crippen molar-refractivity contribution in [3.8, 4) is 0 Å². The number of nitrogens with zero attached hydrogens (tertiary/aromatic N) is 1. The zero-order chi connectivity index (χ0) is 11.5. The predicted molar refractivity (Wildman–Crippen MR) is 63.7 cm³/mol. The van der Waals surface area contributed by atoms with Gasteiger partial charge in [0.2, 0.25) is 10.0 Å². The molecule has 3 nitrogen and oxygen atoms in total. The first-order valence-corrected chi connectivity index (χ1v) is 7.65. The van der Waals surface area contributed by atoms with Crippen molar-refractivity contribution in [2.24, 2.45) is 5.92 Å². The highest BCUT2D eigenvalue weighted by Gasteiger charge is 2.34. The third-order valence-corrected chi connectivity index (χ3v) is 5.38. The minimum Gasteiger partial charge on any atom is -0.212 e. The maximum Gasteiger partial charge on any atom is 0.214 e. The molecule has 1 fully saturated rings. The van der Waals surface area contributed by atoms with Crippen LogP contribution in [-0.2, 0) is 10.0 Å². The molecule has 1 aliphatic rings. The van der Waals surface area contributed by atoms with Gasteiger partial charge in [-0.3, -0.25) is 0 Å². The van der Waals surface area contributed by atoms with Crippen molar-refractivity contribution in [3.63, 3.8) is 0 Å². The van der Waals surface area contributed by atoms with E-state index < -0.39 is 10.0 Å². The highest BCUT2D eigenvalue weighted by atomic mass is 35.5. The molecule has 1 unspecified atom stereocenters. The minimum absolute atomic E-state index is 0.158. The Morgan fingerprint density at radius 1 is 1.40 bits per heavy atom. The molecule has 0 radical (unpaired) electrons. The fraction of sp³-hybridized carbons (Fsp3) is 1.00. The standard InChI is InChI=1S/C10H20ClNO2S/c1-9(10-5-6-10)12(2)15(13,14)8-4-3-7-11/h9-10H,3-8H2,1-2H3. The summed E-state index contributed by atoms with van der Waals surface area (Å²) >= 11 is 5.52. The average Bonchev–Trinajstić information content (AvgIpc) is 2.99. The van der Waals surface area contributed by atoms with Gasteiger partial charge < -0.3 is 0 Å². The van der Waals surface area contributed by atoms with E-state index in [0.29, 0.717) is 18.2 Å². The Labute approximate surface area is 97.8 Å². The summed E-state index contributed by atoms with van der Waals surface area (Å²) in [7, 11) is -1.37. The lowest BCUT2D eigenvalue weighted by atomic mass is 10.2. The van der Waals surface area contributed by atoms with Gasteiger partial charge in [-0.2, -0.15) is 0 Å². The first-order valence-electron chi connectivity index (χ1n) is 5.50. The first kappa shape index (κ1) is 13.3. The Morgan fingerprint density at radius 3 is 2.47 bits per heavy atom. The Bertz CT molecular complexity index is 288. The maximum atomic E-state index is 11.9. The van der Waals surface area contributed by atoms with Crippen molar-refractivity contribution in [2.75, 3.05) is 18.7 Å². The molecule has 1 rings (SSSR count). The number of unbranched alkanes of at least 4 members (excludes halogenated alkanes) is 1. The molecular formula is C10H20ClNO2S. The molecule has 0 spiro atoms. The Hall–Kier alpha value is 0.200. The highest BCUT2D eigenvalue weighted by molar-refractivity contribution is 7.89.